The Morgan fingerprint density at radius 2 is 0.955 bits per heavy atom. The molecule has 0 radical (unpaired) electrons. The average molecular weight is 334 g/mol. The van der Waals surface area contributed by atoms with Crippen LogP contribution in [-0.4, -0.2) is 24.5 Å². The summed E-state index contributed by atoms with van der Waals surface area (Å²) in [6, 6.07) is 0. The largest absolute Gasteiger partial charge is 0.303 e. The van der Waals surface area contributed by atoms with Crippen LogP contribution in [0, 0.1) is 11.8 Å². The van der Waals surface area contributed by atoms with Crippen molar-refractivity contribution in [2.24, 2.45) is 11.8 Å². The second-order valence-electron chi connectivity index (χ2n) is 7.73. The molecule has 0 aromatic heterocycles. The van der Waals surface area contributed by atoms with Crippen LogP contribution in [0.1, 0.15) is 98.8 Å². The summed E-state index contributed by atoms with van der Waals surface area (Å²) in [7, 11) is 0. The molecule has 0 N–H and O–H groups in total. The third kappa shape index (κ3) is 18.3. The fourth-order valence-electron chi connectivity index (χ4n) is 3.11. The van der Waals surface area contributed by atoms with Gasteiger partial charge in [-0.25, -0.2) is 0 Å². The van der Waals surface area contributed by atoms with Crippen molar-refractivity contribution in [1.82, 2.24) is 4.90 Å². The number of halogens is 1. The molecule has 0 atom stereocenters. The van der Waals surface area contributed by atoms with Crippen molar-refractivity contribution >= 4 is 12.4 Å². The molecule has 0 bridgehead atoms. The normalized spacial score (nSPS) is 11.5. The van der Waals surface area contributed by atoms with E-state index < -0.39 is 0 Å². The molecule has 0 aliphatic rings. The molecule has 136 valence electrons. The minimum Gasteiger partial charge on any atom is -0.303 e. The molecule has 0 spiro atoms. The average Bonchev–Trinajstić information content (AvgIpc) is 2.39. The number of unbranched alkanes of at least 4 members (excludes halogenated alkanes) is 9. The Hall–Kier alpha value is 0.250. The second-order valence-corrected chi connectivity index (χ2v) is 7.73. The third-order valence-corrected chi connectivity index (χ3v) is 4.07. The fraction of sp³-hybridized carbons (Fsp3) is 1.00. The number of rotatable bonds is 15. The van der Waals surface area contributed by atoms with E-state index in [9.17, 15) is 0 Å². The Balaban J connectivity index is 0. The zero-order valence-corrected chi connectivity index (χ0v) is 17.0. The zero-order valence-electron chi connectivity index (χ0n) is 16.2. The highest BCUT2D eigenvalue weighted by Crippen LogP contribution is 2.11. The molecular formula is C20H44ClN. The highest BCUT2D eigenvalue weighted by molar-refractivity contribution is 5.85. The topological polar surface area (TPSA) is 3.24 Å². The maximum absolute atomic E-state index is 2.68. The van der Waals surface area contributed by atoms with Crippen LogP contribution in [0.25, 0.3) is 0 Å². The molecule has 22 heavy (non-hydrogen) atoms. The van der Waals surface area contributed by atoms with Gasteiger partial charge < -0.3 is 4.90 Å². The van der Waals surface area contributed by atoms with Gasteiger partial charge in [0.1, 0.15) is 0 Å². The van der Waals surface area contributed by atoms with Crippen molar-refractivity contribution in [3.8, 4) is 0 Å². The highest BCUT2D eigenvalue weighted by atomic mass is 35.5. The molecule has 0 aliphatic carbocycles. The van der Waals surface area contributed by atoms with E-state index in [0.29, 0.717) is 0 Å². The molecule has 0 aromatic rings. The maximum Gasteiger partial charge on any atom is 0.000449 e. The summed E-state index contributed by atoms with van der Waals surface area (Å²) in [6.07, 6.45) is 14.4. The molecule has 0 aliphatic heterocycles. The minimum atomic E-state index is 0. The lowest BCUT2D eigenvalue weighted by Crippen LogP contribution is -2.32. The van der Waals surface area contributed by atoms with Crippen LogP contribution in [0.4, 0.5) is 0 Å². The number of hydrogen-bond acceptors (Lipinski definition) is 1. The molecule has 0 aromatic carbocycles. The lowest BCUT2D eigenvalue weighted by molar-refractivity contribution is 0.215. The first kappa shape index (κ1) is 24.5. The van der Waals surface area contributed by atoms with Gasteiger partial charge in [-0.3, -0.25) is 0 Å². The van der Waals surface area contributed by atoms with Crippen LogP contribution in [0.2, 0.25) is 0 Å². The highest BCUT2D eigenvalue weighted by Gasteiger charge is 2.08. The summed E-state index contributed by atoms with van der Waals surface area (Å²) < 4.78 is 0. The van der Waals surface area contributed by atoms with Crippen LogP contribution >= 0.6 is 12.4 Å². The van der Waals surface area contributed by atoms with E-state index in [-0.39, 0.29) is 12.4 Å². The fourth-order valence-corrected chi connectivity index (χ4v) is 3.11. The molecule has 0 heterocycles. The van der Waals surface area contributed by atoms with Crippen LogP contribution in [0.15, 0.2) is 0 Å². The zero-order chi connectivity index (χ0) is 15.9. The van der Waals surface area contributed by atoms with Gasteiger partial charge in [-0.05, 0) is 24.8 Å². The third-order valence-electron chi connectivity index (χ3n) is 4.07. The van der Waals surface area contributed by atoms with Crippen molar-refractivity contribution in [2.45, 2.75) is 98.8 Å². The van der Waals surface area contributed by atoms with Gasteiger partial charge in [0.05, 0.1) is 0 Å². The summed E-state index contributed by atoms with van der Waals surface area (Å²) in [4.78, 5) is 2.68. The van der Waals surface area contributed by atoms with Gasteiger partial charge in [0.15, 0.2) is 0 Å². The molecule has 0 amide bonds. The van der Waals surface area contributed by atoms with Gasteiger partial charge in [0, 0.05) is 13.1 Å². The van der Waals surface area contributed by atoms with Crippen LogP contribution in [0.3, 0.4) is 0 Å². The van der Waals surface area contributed by atoms with Gasteiger partial charge in [0.25, 0.3) is 0 Å². The number of nitrogens with zero attached hydrogens (tertiary/aromatic N) is 1. The first-order valence-corrected chi connectivity index (χ1v) is 9.78. The first-order valence-electron chi connectivity index (χ1n) is 9.78. The van der Waals surface area contributed by atoms with E-state index in [1.165, 1.54) is 83.8 Å². The molecule has 0 fully saturated rings. The second kappa shape index (κ2) is 17.6. The van der Waals surface area contributed by atoms with Crippen molar-refractivity contribution in [3.05, 3.63) is 0 Å². The van der Waals surface area contributed by atoms with Crippen molar-refractivity contribution < 1.29 is 0 Å². The molecule has 0 saturated heterocycles. The summed E-state index contributed by atoms with van der Waals surface area (Å²) >= 11 is 0. The predicted octanol–water partition coefficient (Wildman–Crippen LogP) is 6.94. The van der Waals surface area contributed by atoms with E-state index in [1.807, 2.05) is 0 Å². The Morgan fingerprint density at radius 3 is 1.32 bits per heavy atom. The first-order chi connectivity index (χ1) is 10.1. The molecule has 1 nitrogen and oxygen atoms in total. The van der Waals surface area contributed by atoms with Gasteiger partial charge in [-0.2, -0.15) is 0 Å². The quantitative estimate of drug-likeness (QED) is 0.293. The van der Waals surface area contributed by atoms with Crippen LogP contribution < -0.4 is 0 Å². The summed E-state index contributed by atoms with van der Waals surface area (Å²) in [5.74, 6) is 1.60. The van der Waals surface area contributed by atoms with Gasteiger partial charge in [0.2, 0.25) is 0 Å². The molecular weight excluding hydrogens is 290 g/mol. The standard InChI is InChI=1S/C20H43N.ClH/c1-6-7-8-9-10-11-12-13-14-15-16-21(17-19(2)3)18-20(4)5;/h19-20H,6-18H2,1-5H3;1H. The predicted molar refractivity (Wildman–Crippen MR) is 105 cm³/mol. The van der Waals surface area contributed by atoms with Crippen LogP contribution in [-0.2, 0) is 0 Å². The Kier molecular flexibility index (Phi) is 19.6. The van der Waals surface area contributed by atoms with E-state index >= 15 is 0 Å². The van der Waals surface area contributed by atoms with Gasteiger partial charge in [-0.15, -0.1) is 12.4 Å². The van der Waals surface area contributed by atoms with Crippen molar-refractivity contribution in [1.29, 1.82) is 0 Å². The molecule has 0 unspecified atom stereocenters. The minimum absolute atomic E-state index is 0. The number of hydrogen-bond donors (Lipinski definition) is 0. The molecule has 0 saturated carbocycles. The van der Waals surface area contributed by atoms with E-state index in [0.717, 1.165) is 11.8 Å². The summed E-state index contributed by atoms with van der Waals surface area (Å²) in [5, 5.41) is 0. The summed E-state index contributed by atoms with van der Waals surface area (Å²) in [6.45, 7) is 15.5. The monoisotopic (exact) mass is 333 g/mol. The summed E-state index contributed by atoms with van der Waals surface area (Å²) in [5.41, 5.74) is 0. The molecule has 2 heteroatoms. The van der Waals surface area contributed by atoms with Crippen molar-refractivity contribution in [2.75, 3.05) is 19.6 Å². The molecule has 0 rings (SSSR count). The van der Waals surface area contributed by atoms with Crippen LogP contribution in [0.5, 0.6) is 0 Å². The van der Waals surface area contributed by atoms with Gasteiger partial charge >= 0.3 is 0 Å². The SMILES string of the molecule is CCCCCCCCCCCCN(CC(C)C)CC(C)C.Cl. The van der Waals surface area contributed by atoms with E-state index in [1.54, 1.807) is 0 Å². The van der Waals surface area contributed by atoms with E-state index in [4.69, 9.17) is 0 Å². The van der Waals surface area contributed by atoms with Gasteiger partial charge in [-0.1, -0.05) is 92.4 Å². The lowest BCUT2D eigenvalue weighted by atomic mass is 10.1. The van der Waals surface area contributed by atoms with E-state index in [2.05, 4.69) is 39.5 Å². The van der Waals surface area contributed by atoms with Crippen molar-refractivity contribution in [3.63, 3.8) is 0 Å². The Morgan fingerprint density at radius 1 is 0.591 bits per heavy atom. The Bertz CT molecular complexity index is 194. The lowest BCUT2D eigenvalue weighted by Gasteiger charge is -2.26. The Labute approximate surface area is 148 Å². The smallest absolute Gasteiger partial charge is 0.000449 e. The maximum atomic E-state index is 2.68.